The van der Waals surface area contributed by atoms with Crippen molar-refractivity contribution in [3.05, 3.63) is 106 Å². The molecule has 0 fully saturated rings. The third-order valence-electron chi connectivity index (χ3n) is 4.53. The summed E-state index contributed by atoms with van der Waals surface area (Å²) in [6.45, 7) is 0. The maximum absolute atomic E-state index is 12.6. The Labute approximate surface area is 185 Å². The lowest BCUT2D eigenvalue weighted by Gasteiger charge is -2.09. The molecule has 1 amide bonds. The summed E-state index contributed by atoms with van der Waals surface area (Å²) in [6.07, 6.45) is 3.49. The van der Waals surface area contributed by atoms with Crippen molar-refractivity contribution in [3.8, 4) is 11.5 Å². The van der Waals surface area contributed by atoms with Crippen molar-refractivity contribution in [1.29, 1.82) is 0 Å². The average Bonchev–Trinajstić information content (AvgIpc) is 2.84. The molecule has 0 spiro atoms. The molecule has 3 aromatic carbocycles. The minimum absolute atomic E-state index is 0.0151. The Morgan fingerprint density at radius 2 is 1.62 bits per heavy atom. The van der Waals surface area contributed by atoms with Gasteiger partial charge in [0.2, 0.25) is 0 Å². The number of nitro benzene ring substituents is 1. The van der Waals surface area contributed by atoms with Crippen LogP contribution in [0.25, 0.3) is 6.08 Å². The van der Waals surface area contributed by atoms with E-state index < -0.39 is 10.8 Å². The molecule has 0 aliphatic rings. The second-order valence-electron chi connectivity index (χ2n) is 6.56. The lowest BCUT2D eigenvalue weighted by atomic mass is 10.1. The molecule has 0 radical (unpaired) electrons. The van der Waals surface area contributed by atoms with Crippen LogP contribution in [0, 0.1) is 10.1 Å². The molecule has 0 saturated carbocycles. The average molecular weight is 431 g/mol. The third-order valence-corrected chi connectivity index (χ3v) is 4.53. The fourth-order valence-corrected chi connectivity index (χ4v) is 2.84. The number of methoxy groups -OCH3 is 2. The number of nitrogens with zero attached hydrogens (tertiary/aromatic N) is 2. The zero-order chi connectivity index (χ0) is 22.9. The zero-order valence-corrected chi connectivity index (χ0v) is 17.5. The van der Waals surface area contributed by atoms with Crippen LogP contribution >= 0.6 is 0 Å². The summed E-state index contributed by atoms with van der Waals surface area (Å²) in [6, 6.07) is 20.3. The van der Waals surface area contributed by atoms with E-state index >= 15 is 0 Å². The summed E-state index contributed by atoms with van der Waals surface area (Å²) in [5.74, 6) is 0.539. The maximum Gasteiger partial charge on any atom is 0.271 e. The Morgan fingerprint density at radius 1 is 0.938 bits per heavy atom. The molecule has 8 heteroatoms. The highest BCUT2D eigenvalue weighted by atomic mass is 16.6. The van der Waals surface area contributed by atoms with E-state index in [1.807, 2.05) is 30.3 Å². The Kier molecular flexibility index (Phi) is 7.32. The van der Waals surface area contributed by atoms with Gasteiger partial charge in [0.15, 0.2) is 11.5 Å². The normalized spacial score (nSPS) is 11.2. The molecular weight excluding hydrogens is 410 g/mol. The SMILES string of the molecule is COc1ccc(C(=O)NN=C(C=Cc2ccc([N+](=O)[O-])cc2)c2ccccc2)cc1OC. The van der Waals surface area contributed by atoms with Gasteiger partial charge < -0.3 is 9.47 Å². The predicted molar refractivity (Wildman–Crippen MR) is 122 cm³/mol. The Bertz CT molecular complexity index is 1160. The molecule has 0 aliphatic carbocycles. The van der Waals surface area contributed by atoms with Crippen molar-refractivity contribution < 1.29 is 19.2 Å². The van der Waals surface area contributed by atoms with Crippen LogP contribution in [0.2, 0.25) is 0 Å². The van der Waals surface area contributed by atoms with E-state index in [1.54, 1.807) is 42.5 Å². The van der Waals surface area contributed by atoms with Gasteiger partial charge in [0.05, 0.1) is 24.9 Å². The Hall–Kier alpha value is -4.46. The smallest absolute Gasteiger partial charge is 0.271 e. The van der Waals surface area contributed by atoms with Gasteiger partial charge in [0.25, 0.3) is 11.6 Å². The molecule has 3 aromatic rings. The number of benzene rings is 3. The number of ether oxygens (including phenoxy) is 2. The van der Waals surface area contributed by atoms with E-state index in [2.05, 4.69) is 10.5 Å². The molecule has 0 atom stereocenters. The largest absolute Gasteiger partial charge is 0.493 e. The van der Waals surface area contributed by atoms with Gasteiger partial charge in [-0.05, 0) is 42.0 Å². The number of carbonyl (C=O) groups excluding carboxylic acids is 1. The minimum atomic E-state index is -0.450. The molecule has 0 unspecified atom stereocenters. The van der Waals surface area contributed by atoms with Gasteiger partial charge in [-0.15, -0.1) is 0 Å². The monoisotopic (exact) mass is 431 g/mol. The molecule has 0 heterocycles. The van der Waals surface area contributed by atoms with Crippen molar-refractivity contribution >= 4 is 23.4 Å². The quantitative estimate of drug-likeness (QED) is 0.322. The first-order valence-corrected chi connectivity index (χ1v) is 9.60. The number of rotatable bonds is 8. The van der Waals surface area contributed by atoms with Crippen molar-refractivity contribution in [2.45, 2.75) is 0 Å². The van der Waals surface area contributed by atoms with Gasteiger partial charge in [-0.3, -0.25) is 14.9 Å². The number of hydrogen-bond donors (Lipinski definition) is 1. The number of allylic oxidation sites excluding steroid dienone is 1. The van der Waals surface area contributed by atoms with Crippen LogP contribution in [0.15, 0.2) is 84.0 Å². The standard InChI is InChI=1S/C24H21N3O5/c1-31-22-15-11-19(16-23(22)32-2)24(28)26-25-21(18-6-4-3-5-7-18)14-10-17-8-12-20(13-9-17)27(29)30/h3-16H,1-2H3,(H,26,28). The van der Waals surface area contributed by atoms with Gasteiger partial charge in [-0.25, -0.2) is 5.43 Å². The number of non-ortho nitro benzene ring substituents is 1. The van der Waals surface area contributed by atoms with Crippen LogP contribution in [-0.2, 0) is 0 Å². The van der Waals surface area contributed by atoms with E-state index in [0.29, 0.717) is 22.8 Å². The maximum atomic E-state index is 12.6. The second-order valence-corrected chi connectivity index (χ2v) is 6.56. The van der Waals surface area contributed by atoms with Crippen LogP contribution in [0.1, 0.15) is 21.5 Å². The highest BCUT2D eigenvalue weighted by molar-refractivity contribution is 6.11. The van der Waals surface area contributed by atoms with E-state index in [4.69, 9.17) is 9.47 Å². The van der Waals surface area contributed by atoms with Crippen LogP contribution in [0.4, 0.5) is 5.69 Å². The molecule has 8 nitrogen and oxygen atoms in total. The fraction of sp³-hybridized carbons (Fsp3) is 0.0833. The number of hydrazone groups is 1. The minimum Gasteiger partial charge on any atom is -0.493 e. The van der Waals surface area contributed by atoms with Gasteiger partial charge in [0.1, 0.15) is 0 Å². The summed E-state index contributed by atoms with van der Waals surface area (Å²) in [5, 5.41) is 15.1. The van der Waals surface area contributed by atoms with Gasteiger partial charge in [-0.1, -0.05) is 36.4 Å². The third kappa shape index (κ3) is 5.57. The Balaban J connectivity index is 1.84. The van der Waals surface area contributed by atoms with Gasteiger partial charge >= 0.3 is 0 Å². The molecule has 32 heavy (non-hydrogen) atoms. The molecule has 0 saturated heterocycles. The fourth-order valence-electron chi connectivity index (χ4n) is 2.84. The van der Waals surface area contributed by atoms with E-state index in [9.17, 15) is 14.9 Å². The number of nitrogens with one attached hydrogen (secondary N) is 1. The van der Waals surface area contributed by atoms with Crippen LogP contribution in [-0.4, -0.2) is 30.8 Å². The molecule has 0 aromatic heterocycles. The lowest BCUT2D eigenvalue weighted by molar-refractivity contribution is -0.384. The van der Waals surface area contributed by atoms with E-state index in [-0.39, 0.29) is 5.69 Å². The Morgan fingerprint density at radius 3 is 2.25 bits per heavy atom. The highest BCUT2D eigenvalue weighted by Gasteiger charge is 2.11. The summed E-state index contributed by atoms with van der Waals surface area (Å²) in [5.41, 5.74) is 4.99. The van der Waals surface area contributed by atoms with Crippen LogP contribution in [0.5, 0.6) is 11.5 Å². The van der Waals surface area contributed by atoms with Crippen molar-refractivity contribution in [1.82, 2.24) is 5.43 Å². The number of nitro groups is 1. The van der Waals surface area contributed by atoms with Crippen LogP contribution in [0.3, 0.4) is 0 Å². The van der Waals surface area contributed by atoms with Gasteiger partial charge in [-0.2, -0.15) is 5.10 Å². The first kappa shape index (κ1) is 22.2. The molecule has 162 valence electrons. The summed E-state index contributed by atoms with van der Waals surface area (Å²) in [4.78, 5) is 23.0. The lowest BCUT2D eigenvalue weighted by Crippen LogP contribution is -2.19. The zero-order valence-electron chi connectivity index (χ0n) is 17.5. The second kappa shape index (κ2) is 10.5. The topological polar surface area (TPSA) is 103 Å². The summed E-state index contributed by atoms with van der Waals surface area (Å²) >= 11 is 0. The first-order chi connectivity index (χ1) is 15.5. The van der Waals surface area contributed by atoms with Crippen molar-refractivity contribution in [3.63, 3.8) is 0 Å². The number of hydrogen-bond acceptors (Lipinski definition) is 6. The highest BCUT2D eigenvalue weighted by Crippen LogP contribution is 2.27. The molecular formula is C24H21N3O5. The summed E-state index contributed by atoms with van der Waals surface area (Å²) in [7, 11) is 3.01. The van der Waals surface area contributed by atoms with Crippen molar-refractivity contribution in [2.24, 2.45) is 5.10 Å². The van der Waals surface area contributed by atoms with Crippen LogP contribution < -0.4 is 14.9 Å². The molecule has 0 bridgehead atoms. The van der Waals surface area contributed by atoms with Crippen molar-refractivity contribution in [2.75, 3.05) is 14.2 Å². The van der Waals surface area contributed by atoms with E-state index in [1.165, 1.54) is 26.4 Å². The summed E-state index contributed by atoms with van der Waals surface area (Å²) < 4.78 is 10.4. The predicted octanol–water partition coefficient (Wildman–Crippen LogP) is 4.46. The van der Waals surface area contributed by atoms with E-state index in [0.717, 1.165) is 11.1 Å². The first-order valence-electron chi connectivity index (χ1n) is 9.60. The molecule has 3 rings (SSSR count). The molecule has 0 aliphatic heterocycles. The molecule has 1 N–H and O–H groups in total. The van der Waals surface area contributed by atoms with Gasteiger partial charge in [0, 0.05) is 23.3 Å². The number of amides is 1. The number of carbonyl (C=O) groups is 1.